The summed E-state index contributed by atoms with van der Waals surface area (Å²) in [5.74, 6) is 0.958. The zero-order valence-corrected chi connectivity index (χ0v) is 14.8. The van der Waals surface area contributed by atoms with E-state index in [-0.39, 0.29) is 5.56 Å². The molecule has 130 valence electrons. The molecule has 0 unspecified atom stereocenters. The fourth-order valence-electron chi connectivity index (χ4n) is 3.61. The van der Waals surface area contributed by atoms with E-state index in [0.717, 1.165) is 55.5 Å². The average molecular weight is 327 g/mol. The molecular formula is C20H29N3O. The highest BCUT2D eigenvalue weighted by molar-refractivity contribution is 5.77. The standard InChI is InChI=1S/C20H29N3O/c1-2-3-12-19-21-18-11-6-5-10-17(18)20(24)23(19)16-9-15-22-13-7-4-8-14-22/h5-6,10-11H,2-4,7-9,12-16H2,1H3. The number of aryl methyl sites for hydroxylation is 1. The number of hydrogen-bond acceptors (Lipinski definition) is 3. The minimum atomic E-state index is 0.130. The van der Waals surface area contributed by atoms with Crippen molar-refractivity contribution in [3.8, 4) is 0 Å². The molecule has 0 atom stereocenters. The van der Waals surface area contributed by atoms with E-state index in [9.17, 15) is 4.79 Å². The van der Waals surface area contributed by atoms with E-state index in [1.807, 2.05) is 28.8 Å². The summed E-state index contributed by atoms with van der Waals surface area (Å²) in [6, 6.07) is 7.73. The van der Waals surface area contributed by atoms with Gasteiger partial charge in [-0.15, -0.1) is 0 Å². The number of fused-ring (bicyclic) bond motifs is 1. The van der Waals surface area contributed by atoms with Gasteiger partial charge in [-0.2, -0.15) is 0 Å². The van der Waals surface area contributed by atoms with Crippen LogP contribution in [0.5, 0.6) is 0 Å². The molecule has 1 aliphatic rings. The van der Waals surface area contributed by atoms with E-state index in [4.69, 9.17) is 4.98 Å². The van der Waals surface area contributed by atoms with Gasteiger partial charge in [0.25, 0.3) is 5.56 Å². The fourth-order valence-corrected chi connectivity index (χ4v) is 3.61. The summed E-state index contributed by atoms with van der Waals surface area (Å²) < 4.78 is 1.93. The summed E-state index contributed by atoms with van der Waals surface area (Å²) in [6.45, 7) is 6.49. The van der Waals surface area contributed by atoms with Gasteiger partial charge >= 0.3 is 0 Å². The van der Waals surface area contributed by atoms with Crippen molar-refractivity contribution in [1.82, 2.24) is 14.5 Å². The van der Waals surface area contributed by atoms with Gasteiger partial charge in [-0.05, 0) is 57.5 Å². The van der Waals surface area contributed by atoms with E-state index < -0.39 is 0 Å². The number of nitrogens with zero attached hydrogens (tertiary/aromatic N) is 3. The lowest BCUT2D eigenvalue weighted by Crippen LogP contribution is -2.32. The van der Waals surface area contributed by atoms with E-state index in [0.29, 0.717) is 0 Å². The molecule has 1 aromatic heterocycles. The van der Waals surface area contributed by atoms with Crippen LogP contribution in [0.25, 0.3) is 10.9 Å². The summed E-state index contributed by atoms with van der Waals surface area (Å²) in [5, 5.41) is 0.746. The first kappa shape index (κ1) is 17.2. The van der Waals surface area contributed by atoms with Gasteiger partial charge in [0.15, 0.2) is 0 Å². The Morgan fingerprint density at radius 3 is 2.62 bits per heavy atom. The van der Waals surface area contributed by atoms with Crippen LogP contribution in [0.1, 0.15) is 51.3 Å². The van der Waals surface area contributed by atoms with Crippen LogP contribution in [0.2, 0.25) is 0 Å². The minimum Gasteiger partial charge on any atom is -0.303 e. The molecule has 1 saturated heterocycles. The Labute approximate surface area is 144 Å². The zero-order valence-electron chi connectivity index (χ0n) is 14.8. The van der Waals surface area contributed by atoms with Crippen molar-refractivity contribution in [1.29, 1.82) is 0 Å². The number of piperidine rings is 1. The predicted octanol–water partition coefficient (Wildman–Crippen LogP) is 3.62. The second kappa shape index (κ2) is 8.43. The fraction of sp³-hybridized carbons (Fsp3) is 0.600. The van der Waals surface area contributed by atoms with Crippen LogP contribution in [0.4, 0.5) is 0 Å². The zero-order chi connectivity index (χ0) is 16.8. The van der Waals surface area contributed by atoms with Gasteiger partial charge in [-0.25, -0.2) is 4.98 Å². The summed E-state index contributed by atoms with van der Waals surface area (Å²) in [7, 11) is 0. The van der Waals surface area contributed by atoms with E-state index in [1.165, 1.54) is 32.4 Å². The molecular weight excluding hydrogens is 298 g/mol. The molecule has 0 bridgehead atoms. The van der Waals surface area contributed by atoms with Crippen molar-refractivity contribution in [2.45, 2.75) is 58.4 Å². The second-order valence-electron chi connectivity index (χ2n) is 6.86. The topological polar surface area (TPSA) is 38.1 Å². The molecule has 4 nitrogen and oxygen atoms in total. The highest BCUT2D eigenvalue weighted by atomic mass is 16.1. The smallest absolute Gasteiger partial charge is 0.261 e. The van der Waals surface area contributed by atoms with Crippen LogP contribution in [0.15, 0.2) is 29.1 Å². The molecule has 0 radical (unpaired) electrons. The van der Waals surface area contributed by atoms with Gasteiger partial charge in [0.1, 0.15) is 5.82 Å². The van der Waals surface area contributed by atoms with Crippen molar-refractivity contribution in [3.05, 3.63) is 40.4 Å². The minimum absolute atomic E-state index is 0.130. The predicted molar refractivity (Wildman–Crippen MR) is 99.5 cm³/mol. The molecule has 2 heterocycles. The average Bonchev–Trinajstić information content (AvgIpc) is 2.63. The number of aromatic nitrogens is 2. The third-order valence-electron chi connectivity index (χ3n) is 5.00. The van der Waals surface area contributed by atoms with Crippen LogP contribution < -0.4 is 5.56 Å². The Kier molecular flexibility index (Phi) is 6.02. The monoisotopic (exact) mass is 327 g/mol. The maximum absolute atomic E-state index is 12.9. The van der Waals surface area contributed by atoms with E-state index in [1.54, 1.807) is 0 Å². The molecule has 2 aromatic rings. The summed E-state index contributed by atoms with van der Waals surface area (Å²) in [4.78, 5) is 20.2. The van der Waals surface area contributed by atoms with Crippen LogP contribution in [-0.2, 0) is 13.0 Å². The first-order chi connectivity index (χ1) is 11.8. The third kappa shape index (κ3) is 4.04. The summed E-state index contributed by atoms with van der Waals surface area (Å²) in [6.07, 6.45) is 8.12. The van der Waals surface area contributed by atoms with Crippen LogP contribution in [-0.4, -0.2) is 34.1 Å². The molecule has 0 amide bonds. The maximum Gasteiger partial charge on any atom is 0.261 e. The Morgan fingerprint density at radius 1 is 1.04 bits per heavy atom. The highest BCUT2D eigenvalue weighted by Gasteiger charge is 2.12. The maximum atomic E-state index is 12.9. The Balaban J connectivity index is 1.78. The van der Waals surface area contributed by atoms with E-state index >= 15 is 0 Å². The number of benzene rings is 1. The molecule has 0 saturated carbocycles. The Morgan fingerprint density at radius 2 is 1.83 bits per heavy atom. The van der Waals surface area contributed by atoms with Crippen LogP contribution >= 0.6 is 0 Å². The van der Waals surface area contributed by atoms with Crippen LogP contribution in [0, 0.1) is 0 Å². The van der Waals surface area contributed by atoms with Crippen molar-refractivity contribution in [2.75, 3.05) is 19.6 Å². The quantitative estimate of drug-likeness (QED) is 0.779. The van der Waals surface area contributed by atoms with Crippen LogP contribution in [0.3, 0.4) is 0 Å². The molecule has 0 aliphatic carbocycles. The molecule has 1 fully saturated rings. The number of likely N-dealkylation sites (tertiary alicyclic amines) is 1. The second-order valence-corrected chi connectivity index (χ2v) is 6.86. The number of para-hydroxylation sites is 1. The van der Waals surface area contributed by atoms with Crippen molar-refractivity contribution >= 4 is 10.9 Å². The van der Waals surface area contributed by atoms with Gasteiger partial charge in [0, 0.05) is 13.0 Å². The number of rotatable bonds is 7. The van der Waals surface area contributed by atoms with Crippen molar-refractivity contribution in [3.63, 3.8) is 0 Å². The lowest BCUT2D eigenvalue weighted by atomic mass is 10.1. The molecule has 4 heteroatoms. The largest absolute Gasteiger partial charge is 0.303 e. The van der Waals surface area contributed by atoms with Gasteiger partial charge < -0.3 is 4.90 Å². The number of unbranched alkanes of at least 4 members (excludes halogenated alkanes) is 1. The lowest BCUT2D eigenvalue weighted by molar-refractivity contribution is 0.222. The normalized spacial score (nSPS) is 15.9. The summed E-state index contributed by atoms with van der Waals surface area (Å²) in [5.41, 5.74) is 0.964. The highest BCUT2D eigenvalue weighted by Crippen LogP contribution is 2.12. The molecule has 0 spiro atoms. The lowest BCUT2D eigenvalue weighted by Gasteiger charge is -2.26. The number of hydrogen-bond donors (Lipinski definition) is 0. The molecule has 1 aromatic carbocycles. The van der Waals surface area contributed by atoms with Gasteiger partial charge in [-0.3, -0.25) is 9.36 Å². The molecule has 1 aliphatic heterocycles. The molecule has 0 N–H and O–H groups in total. The molecule has 3 rings (SSSR count). The SMILES string of the molecule is CCCCc1nc2ccccc2c(=O)n1CCCN1CCCCC1. The summed E-state index contributed by atoms with van der Waals surface area (Å²) >= 11 is 0. The third-order valence-corrected chi connectivity index (χ3v) is 5.00. The first-order valence-corrected chi connectivity index (χ1v) is 9.50. The van der Waals surface area contributed by atoms with Crippen molar-refractivity contribution < 1.29 is 0 Å². The van der Waals surface area contributed by atoms with E-state index in [2.05, 4.69) is 11.8 Å². The van der Waals surface area contributed by atoms with Gasteiger partial charge in [0.05, 0.1) is 10.9 Å². The Hall–Kier alpha value is -1.68. The Bertz CT molecular complexity index is 716. The first-order valence-electron chi connectivity index (χ1n) is 9.50. The molecule has 24 heavy (non-hydrogen) atoms. The van der Waals surface area contributed by atoms with Gasteiger partial charge in [-0.1, -0.05) is 31.9 Å². The van der Waals surface area contributed by atoms with Gasteiger partial charge in [0.2, 0.25) is 0 Å². The van der Waals surface area contributed by atoms with Crippen molar-refractivity contribution in [2.24, 2.45) is 0 Å².